The maximum absolute atomic E-state index is 10.7. The largest absolute Gasteiger partial charge is 0.350 e. The van der Waals surface area contributed by atoms with Gasteiger partial charge in [-0.3, -0.25) is 0 Å². The molecule has 90 valence electrons. The molecule has 0 saturated heterocycles. The molecule has 0 radical (unpaired) electrons. The normalized spacial score (nSPS) is 21.1. The van der Waals surface area contributed by atoms with E-state index in [0.29, 0.717) is 5.92 Å². The van der Waals surface area contributed by atoms with Gasteiger partial charge in [0.2, 0.25) is 0 Å². The highest BCUT2D eigenvalue weighted by Crippen LogP contribution is 2.31. The number of nitrogens with zero attached hydrogens (tertiary/aromatic N) is 1. The molecule has 0 aromatic heterocycles. The Labute approximate surface area is 101 Å². The number of primary amides is 1. The molecule has 2 amide bonds. The molecule has 1 atom stereocenters. The molecule has 1 aliphatic carbocycles. The summed E-state index contributed by atoms with van der Waals surface area (Å²) in [5.41, 5.74) is 11.9. The van der Waals surface area contributed by atoms with Gasteiger partial charge in [0.05, 0.1) is 5.71 Å². The molecule has 17 heavy (non-hydrogen) atoms. The molecule has 1 aromatic carbocycles. The number of amides is 2. The van der Waals surface area contributed by atoms with Crippen molar-refractivity contribution in [1.29, 1.82) is 0 Å². The molecule has 0 heterocycles. The van der Waals surface area contributed by atoms with Crippen LogP contribution in [-0.2, 0) is 0 Å². The number of fused-ring (bicyclic) bond motifs is 1. The Morgan fingerprint density at radius 1 is 1.53 bits per heavy atom. The second kappa shape index (κ2) is 4.57. The Bertz CT molecular complexity index is 480. The fourth-order valence-electron chi connectivity index (χ4n) is 2.23. The number of nitrogens with two attached hydrogens (primary N) is 1. The molecule has 0 aliphatic heterocycles. The highest BCUT2D eigenvalue weighted by molar-refractivity contribution is 6.03. The molecule has 2 rings (SSSR count). The van der Waals surface area contributed by atoms with E-state index in [1.54, 1.807) is 0 Å². The standard InChI is InChI=1S/C13H17N3O/c1-8-3-5-10-9(2)4-6-12(11(10)7-8)15-16-13(14)17/h3,5,7,9H,4,6H2,1-2H3,(H3,14,16,17)/b15-12-/t9-/m0/s1. The Hall–Kier alpha value is -1.84. The highest BCUT2D eigenvalue weighted by atomic mass is 16.2. The van der Waals surface area contributed by atoms with Gasteiger partial charge in [0, 0.05) is 5.56 Å². The van der Waals surface area contributed by atoms with Gasteiger partial charge in [0.15, 0.2) is 0 Å². The number of carbonyl (C=O) groups is 1. The Kier molecular flexibility index (Phi) is 3.13. The van der Waals surface area contributed by atoms with Gasteiger partial charge in [0.1, 0.15) is 0 Å². The summed E-state index contributed by atoms with van der Waals surface area (Å²) in [4.78, 5) is 10.7. The van der Waals surface area contributed by atoms with Crippen molar-refractivity contribution < 1.29 is 4.79 Å². The quantitative estimate of drug-likeness (QED) is 0.715. The van der Waals surface area contributed by atoms with Crippen molar-refractivity contribution in [2.75, 3.05) is 0 Å². The molecule has 3 N–H and O–H groups in total. The van der Waals surface area contributed by atoms with Gasteiger partial charge in [-0.05, 0) is 37.3 Å². The van der Waals surface area contributed by atoms with E-state index in [1.807, 2.05) is 0 Å². The highest BCUT2D eigenvalue weighted by Gasteiger charge is 2.21. The predicted molar refractivity (Wildman–Crippen MR) is 68.1 cm³/mol. The van der Waals surface area contributed by atoms with E-state index < -0.39 is 6.03 Å². The van der Waals surface area contributed by atoms with Crippen LogP contribution in [0, 0.1) is 6.92 Å². The molecule has 1 aliphatic rings. The second-order valence-electron chi connectivity index (χ2n) is 4.56. The van der Waals surface area contributed by atoms with Crippen molar-refractivity contribution >= 4 is 11.7 Å². The number of hydrazone groups is 1. The Balaban J connectivity index is 2.40. The first-order valence-corrected chi connectivity index (χ1v) is 5.81. The van der Waals surface area contributed by atoms with Crippen molar-refractivity contribution in [3.8, 4) is 0 Å². The van der Waals surface area contributed by atoms with Crippen LogP contribution in [0.2, 0.25) is 0 Å². The first-order valence-electron chi connectivity index (χ1n) is 5.81. The van der Waals surface area contributed by atoms with Gasteiger partial charge in [0.25, 0.3) is 0 Å². The lowest BCUT2D eigenvalue weighted by Gasteiger charge is -2.24. The zero-order chi connectivity index (χ0) is 12.4. The lowest BCUT2D eigenvalue weighted by molar-refractivity contribution is 0.249. The summed E-state index contributed by atoms with van der Waals surface area (Å²) in [6.45, 7) is 4.27. The third-order valence-corrected chi connectivity index (χ3v) is 3.17. The lowest BCUT2D eigenvalue weighted by Crippen LogP contribution is -2.27. The number of benzene rings is 1. The third-order valence-electron chi connectivity index (χ3n) is 3.17. The number of urea groups is 1. The Morgan fingerprint density at radius 3 is 3.00 bits per heavy atom. The number of aryl methyl sites for hydroxylation is 1. The van der Waals surface area contributed by atoms with Gasteiger partial charge >= 0.3 is 6.03 Å². The van der Waals surface area contributed by atoms with Crippen molar-refractivity contribution in [2.24, 2.45) is 10.8 Å². The molecule has 0 bridgehead atoms. The summed E-state index contributed by atoms with van der Waals surface area (Å²) in [6.07, 6.45) is 1.92. The number of hydrogen-bond acceptors (Lipinski definition) is 2. The average molecular weight is 231 g/mol. The Morgan fingerprint density at radius 2 is 2.29 bits per heavy atom. The first kappa shape index (κ1) is 11.6. The molecule has 4 heteroatoms. The van der Waals surface area contributed by atoms with Crippen LogP contribution in [0.3, 0.4) is 0 Å². The number of rotatable bonds is 1. The summed E-state index contributed by atoms with van der Waals surface area (Å²) in [5.74, 6) is 0.540. The maximum Gasteiger partial charge on any atom is 0.332 e. The zero-order valence-electron chi connectivity index (χ0n) is 10.2. The van der Waals surface area contributed by atoms with Crippen LogP contribution in [0.15, 0.2) is 23.3 Å². The molecule has 0 unspecified atom stereocenters. The summed E-state index contributed by atoms with van der Waals surface area (Å²) < 4.78 is 0. The number of hydrogen-bond donors (Lipinski definition) is 2. The van der Waals surface area contributed by atoms with E-state index in [0.717, 1.165) is 24.1 Å². The fraction of sp³-hybridized carbons (Fsp3) is 0.385. The third kappa shape index (κ3) is 2.46. The minimum atomic E-state index is -0.620. The van der Waals surface area contributed by atoms with E-state index in [4.69, 9.17) is 5.73 Å². The van der Waals surface area contributed by atoms with Crippen molar-refractivity contribution in [1.82, 2.24) is 5.43 Å². The molecule has 1 aromatic rings. The fourth-order valence-corrected chi connectivity index (χ4v) is 2.23. The smallest absolute Gasteiger partial charge is 0.332 e. The van der Waals surface area contributed by atoms with E-state index in [-0.39, 0.29) is 0 Å². The van der Waals surface area contributed by atoms with Crippen LogP contribution in [0.25, 0.3) is 0 Å². The van der Waals surface area contributed by atoms with Crippen molar-refractivity contribution in [3.05, 3.63) is 34.9 Å². The first-order chi connectivity index (χ1) is 8.08. The molecule has 0 spiro atoms. The van der Waals surface area contributed by atoms with E-state index in [9.17, 15) is 4.79 Å². The summed E-state index contributed by atoms with van der Waals surface area (Å²) in [7, 11) is 0. The van der Waals surface area contributed by atoms with Crippen LogP contribution in [0.4, 0.5) is 4.79 Å². The second-order valence-corrected chi connectivity index (χ2v) is 4.56. The molecule has 0 fully saturated rings. The van der Waals surface area contributed by atoms with Gasteiger partial charge in [-0.2, -0.15) is 5.10 Å². The topological polar surface area (TPSA) is 67.5 Å². The zero-order valence-corrected chi connectivity index (χ0v) is 10.2. The van der Waals surface area contributed by atoms with Crippen LogP contribution in [0.5, 0.6) is 0 Å². The monoisotopic (exact) mass is 231 g/mol. The van der Waals surface area contributed by atoms with Crippen molar-refractivity contribution in [2.45, 2.75) is 32.6 Å². The van der Waals surface area contributed by atoms with Crippen molar-refractivity contribution in [3.63, 3.8) is 0 Å². The number of nitrogens with one attached hydrogen (secondary N) is 1. The summed E-state index contributed by atoms with van der Waals surface area (Å²) >= 11 is 0. The van der Waals surface area contributed by atoms with Crippen LogP contribution >= 0.6 is 0 Å². The lowest BCUT2D eigenvalue weighted by atomic mass is 9.82. The van der Waals surface area contributed by atoms with Gasteiger partial charge in [-0.25, -0.2) is 10.2 Å². The molecular formula is C13H17N3O. The van der Waals surface area contributed by atoms with E-state index >= 15 is 0 Å². The van der Waals surface area contributed by atoms with Gasteiger partial charge in [-0.15, -0.1) is 0 Å². The average Bonchev–Trinajstić information content (AvgIpc) is 2.28. The maximum atomic E-state index is 10.7. The summed E-state index contributed by atoms with van der Waals surface area (Å²) in [6, 6.07) is 5.76. The molecule has 0 saturated carbocycles. The number of carbonyl (C=O) groups excluding carboxylic acids is 1. The van der Waals surface area contributed by atoms with Crippen LogP contribution < -0.4 is 11.2 Å². The summed E-state index contributed by atoms with van der Waals surface area (Å²) in [5, 5.41) is 4.09. The SMILES string of the molecule is Cc1ccc2c(c1)/C(=N\NC(N)=O)CC[C@@H]2C. The molecular weight excluding hydrogens is 214 g/mol. The van der Waals surface area contributed by atoms with E-state index in [1.165, 1.54) is 11.1 Å². The minimum Gasteiger partial charge on any atom is -0.350 e. The van der Waals surface area contributed by atoms with Gasteiger partial charge in [-0.1, -0.05) is 24.6 Å². The van der Waals surface area contributed by atoms with Crippen LogP contribution in [-0.4, -0.2) is 11.7 Å². The predicted octanol–water partition coefficient (Wildman–Crippen LogP) is 2.26. The van der Waals surface area contributed by atoms with E-state index in [2.05, 4.69) is 42.6 Å². The van der Waals surface area contributed by atoms with Crippen LogP contribution in [0.1, 0.15) is 42.4 Å². The minimum absolute atomic E-state index is 0.540. The van der Waals surface area contributed by atoms with Gasteiger partial charge < -0.3 is 5.73 Å². The molecule has 4 nitrogen and oxygen atoms in total.